The van der Waals surface area contributed by atoms with Crippen molar-refractivity contribution in [2.75, 3.05) is 17.2 Å². The van der Waals surface area contributed by atoms with Gasteiger partial charge in [-0.25, -0.2) is 0 Å². The first-order valence-corrected chi connectivity index (χ1v) is 32.1. The van der Waals surface area contributed by atoms with Crippen molar-refractivity contribution < 1.29 is 59.4 Å². The van der Waals surface area contributed by atoms with E-state index in [-0.39, 0.29) is 17.8 Å². The van der Waals surface area contributed by atoms with Gasteiger partial charge in [0.2, 0.25) is 17.8 Å². The summed E-state index contributed by atoms with van der Waals surface area (Å²) in [6.45, 7) is 13.2. The number of anilines is 3. The highest BCUT2D eigenvalue weighted by atomic mass is 16.4. The second-order valence-electron chi connectivity index (χ2n) is 21.0. The summed E-state index contributed by atoms with van der Waals surface area (Å²) >= 11 is 0. The average Bonchev–Trinajstić information content (AvgIpc) is 3.39. The van der Waals surface area contributed by atoms with E-state index < -0.39 is 35.8 Å². The van der Waals surface area contributed by atoms with Crippen molar-refractivity contribution in [3.05, 3.63) is 0 Å². The number of carboxylic acids is 6. The van der Waals surface area contributed by atoms with E-state index in [0.717, 1.165) is 77.0 Å². The third-order valence-corrected chi connectivity index (χ3v) is 12.7. The lowest BCUT2D eigenvalue weighted by Crippen LogP contribution is -2.05. The summed E-state index contributed by atoms with van der Waals surface area (Å²) in [5, 5.41) is 50.1. The highest BCUT2D eigenvalue weighted by Crippen LogP contribution is 2.13. The maximum Gasteiger partial charge on any atom is 0.303 e. The highest BCUT2D eigenvalue weighted by Gasteiger charge is 2.01. The molecule has 1 aromatic rings. The molecule has 81 heavy (non-hydrogen) atoms. The standard InChI is InChI=1S/6C10H20O2.C3H6N6/c6*1-2-3-4-5-6-7-8-9-10(11)12;4-1-7-2(5)9-3(6)8-1/h6*2-9H2,1H3,(H,11,12);(H6,4,5,6,7,8,9). The molecule has 0 spiro atoms. The zero-order chi connectivity index (χ0) is 62.3. The van der Waals surface area contributed by atoms with Gasteiger partial charge < -0.3 is 47.8 Å². The number of carbonyl (C=O) groups is 6. The Morgan fingerprint density at radius 2 is 0.321 bits per heavy atom. The average molecular weight is 1160 g/mol. The molecular formula is C63H126N6O12. The molecule has 1 rings (SSSR count). The van der Waals surface area contributed by atoms with Crippen molar-refractivity contribution in [1.82, 2.24) is 15.0 Å². The Hall–Kier alpha value is -4.77. The summed E-state index contributed by atoms with van der Waals surface area (Å²) in [6.07, 6.45) is 51.9. The second kappa shape index (κ2) is 77.3. The molecule has 0 atom stereocenters. The molecular weight excluding hydrogens is 1030 g/mol. The van der Waals surface area contributed by atoms with E-state index in [1.165, 1.54) is 193 Å². The molecule has 18 heteroatoms. The monoisotopic (exact) mass is 1160 g/mol. The smallest absolute Gasteiger partial charge is 0.303 e. The van der Waals surface area contributed by atoms with E-state index in [2.05, 4.69) is 56.5 Å². The molecule has 0 aliphatic heterocycles. The van der Waals surface area contributed by atoms with E-state index in [1.54, 1.807) is 0 Å². The number of unbranched alkanes of at least 4 members (excludes halogenated alkanes) is 36. The maximum atomic E-state index is 10.1. The summed E-state index contributed by atoms with van der Waals surface area (Å²) < 4.78 is 0. The maximum absolute atomic E-state index is 10.1. The van der Waals surface area contributed by atoms with Crippen molar-refractivity contribution in [1.29, 1.82) is 0 Å². The van der Waals surface area contributed by atoms with Gasteiger partial charge in [-0.05, 0) is 38.5 Å². The predicted molar refractivity (Wildman–Crippen MR) is 335 cm³/mol. The van der Waals surface area contributed by atoms with Crippen molar-refractivity contribution in [3.63, 3.8) is 0 Å². The topological polar surface area (TPSA) is 341 Å². The Labute approximate surface area is 493 Å². The van der Waals surface area contributed by atoms with Crippen molar-refractivity contribution >= 4 is 53.7 Å². The van der Waals surface area contributed by atoms with Crippen LogP contribution in [0.1, 0.15) is 350 Å². The van der Waals surface area contributed by atoms with Gasteiger partial charge in [0.05, 0.1) is 0 Å². The summed E-state index contributed by atoms with van der Waals surface area (Å²) in [6, 6.07) is 0. The number of aliphatic carboxylic acids is 6. The highest BCUT2D eigenvalue weighted by molar-refractivity contribution is 5.68. The number of nitrogen functional groups attached to an aromatic ring is 3. The molecule has 480 valence electrons. The molecule has 0 aliphatic rings. The van der Waals surface area contributed by atoms with Crippen LogP contribution in [0.5, 0.6) is 0 Å². The zero-order valence-corrected chi connectivity index (χ0v) is 52.6. The Kier molecular flexibility index (Phi) is 83.5. The molecule has 0 radical (unpaired) electrons. The van der Waals surface area contributed by atoms with Crippen LogP contribution >= 0.6 is 0 Å². The lowest BCUT2D eigenvalue weighted by atomic mass is 10.1. The van der Waals surface area contributed by atoms with Crippen LogP contribution in [0.25, 0.3) is 0 Å². The number of hydrogen-bond donors (Lipinski definition) is 9. The summed E-state index contributed by atoms with van der Waals surface area (Å²) in [5.74, 6) is -3.86. The van der Waals surface area contributed by atoms with Crippen LogP contribution in [0.15, 0.2) is 0 Å². The van der Waals surface area contributed by atoms with Gasteiger partial charge in [0.1, 0.15) is 0 Å². The van der Waals surface area contributed by atoms with Gasteiger partial charge >= 0.3 is 35.8 Å². The first-order valence-electron chi connectivity index (χ1n) is 32.1. The molecule has 12 N–H and O–H groups in total. The van der Waals surface area contributed by atoms with E-state index in [4.69, 9.17) is 47.8 Å². The van der Waals surface area contributed by atoms with Crippen molar-refractivity contribution in [2.45, 2.75) is 350 Å². The number of nitrogens with two attached hydrogens (primary N) is 3. The number of hydrogen-bond acceptors (Lipinski definition) is 12. The Morgan fingerprint density at radius 1 is 0.222 bits per heavy atom. The molecule has 0 amide bonds. The van der Waals surface area contributed by atoms with Crippen LogP contribution < -0.4 is 17.2 Å². The third kappa shape index (κ3) is 108. The molecule has 1 heterocycles. The molecule has 0 saturated carbocycles. The van der Waals surface area contributed by atoms with Gasteiger partial charge in [-0.2, -0.15) is 15.0 Å². The fourth-order valence-electron chi connectivity index (χ4n) is 7.83. The van der Waals surface area contributed by atoms with Crippen LogP contribution in [0.4, 0.5) is 17.8 Å². The van der Waals surface area contributed by atoms with Gasteiger partial charge in [0.15, 0.2) is 0 Å². The molecule has 0 saturated heterocycles. The van der Waals surface area contributed by atoms with Crippen LogP contribution in [0, 0.1) is 0 Å². The van der Waals surface area contributed by atoms with E-state index >= 15 is 0 Å². The number of nitrogens with zero attached hydrogens (tertiary/aromatic N) is 3. The van der Waals surface area contributed by atoms with Crippen LogP contribution in [0.3, 0.4) is 0 Å². The first-order chi connectivity index (χ1) is 38.8. The molecule has 0 unspecified atom stereocenters. The van der Waals surface area contributed by atoms with Gasteiger partial charge in [-0.15, -0.1) is 0 Å². The van der Waals surface area contributed by atoms with Crippen molar-refractivity contribution in [3.8, 4) is 0 Å². The SMILES string of the molecule is CCCCCCCCCC(=O)O.CCCCCCCCCC(=O)O.CCCCCCCCCC(=O)O.CCCCCCCCCC(=O)O.CCCCCCCCCC(=O)O.CCCCCCCCCC(=O)O.Nc1nc(N)nc(N)n1. The lowest BCUT2D eigenvalue weighted by molar-refractivity contribution is -0.138. The quantitative estimate of drug-likeness (QED) is 0.0274. The summed E-state index contributed by atoms with van der Waals surface area (Å²) in [7, 11) is 0. The lowest BCUT2D eigenvalue weighted by Gasteiger charge is -1.98. The fourth-order valence-corrected chi connectivity index (χ4v) is 7.83. The Bertz CT molecular complexity index is 1240. The van der Waals surface area contributed by atoms with Gasteiger partial charge in [0, 0.05) is 38.5 Å². The molecule has 0 aromatic carbocycles. The zero-order valence-electron chi connectivity index (χ0n) is 52.6. The fraction of sp³-hybridized carbons (Fsp3) is 0.857. The predicted octanol–water partition coefficient (Wildman–Crippen LogP) is 17.9. The van der Waals surface area contributed by atoms with E-state index in [9.17, 15) is 28.8 Å². The van der Waals surface area contributed by atoms with E-state index in [0.29, 0.717) is 38.5 Å². The number of aromatic nitrogens is 3. The number of rotatable bonds is 48. The minimum absolute atomic E-state index is 0.0417. The summed E-state index contributed by atoms with van der Waals surface area (Å²) in [5.41, 5.74) is 15.4. The molecule has 0 aliphatic carbocycles. The minimum Gasteiger partial charge on any atom is -0.481 e. The molecule has 1 aromatic heterocycles. The van der Waals surface area contributed by atoms with Gasteiger partial charge in [-0.3, -0.25) is 28.8 Å². The Balaban J connectivity index is -0.000000203. The molecule has 0 bridgehead atoms. The summed E-state index contributed by atoms with van der Waals surface area (Å²) in [4.78, 5) is 71.3. The van der Waals surface area contributed by atoms with Gasteiger partial charge in [0.25, 0.3) is 0 Å². The first kappa shape index (κ1) is 87.5. The normalized spacial score (nSPS) is 10.0. The van der Waals surface area contributed by atoms with Crippen LogP contribution in [-0.2, 0) is 28.8 Å². The second-order valence-corrected chi connectivity index (χ2v) is 21.0. The van der Waals surface area contributed by atoms with Crippen LogP contribution in [-0.4, -0.2) is 81.4 Å². The van der Waals surface area contributed by atoms with Gasteiger partial charge in [-0.1, -0.05) is 273 Å². The molecule has 0 fully saturated rings. The Morgan fingerprint density at radius 3 is 0.420 bits per heavy atom. The van der Waals surface area contributed by atoms with Crippen LogP contribution in [0.2, 0.25) is 0 Å². The van der Waals surface area contributed by atoms with E-state index in [1.807, 2.05) is 0 Å². The minimum atomic E-state index is -0.663. The third-order valence-electron chi connectivity index (χ3n) is 12.7. The number of carboxylic acid groups (broad SMARTS) is 6. The largest absolute Gasteiger partial charge is 0.481 e. The van der Waals surface area contributed by atoms with Crippen molar-refractivity contribution in [2.24, 2.45) is 0 Å². The molecule has 18 nitrogen and oxygen atoms in total.